The largest absolute Gasteiger partial charge is 0.343 e. The highest BCUT2D eigenvalue weighted by atomic mass is 32.2. The smallest absolute Gasteiger partial charge is 0.241 e. The first-order valence-electron chi connectivity index (χ1n) is 7.71. The number of carbonyl (C=O) groups is 1. The number of nitrogens with zero attached hydrogens (tertiary/aromatic N) is 1. The Kier molecular flexibility index (Phi) is 5.24. The fraction of sp³-hybridized carbons (Fsp3) is 0.562. The van der Waals surface area contributed by atoms with Crippen molar-refractivity contribution < 1.29 is 13.2 Å². The minimum Gasteiger partial charge on any atom is -0.343 e. The molecule has 6 heteroatoms. The molecule has 1 fully saturated rings. The van der Waals surface area contributed by atoms with Gasteiger partial charge in [-0.05, 0) is 43.9 Å². The first-order valence-corrected chi connectivity index (χ1v) is 9.19. The standard InChI is InChI=1S/C16H24N2O3S/c1-4-16(19)18-9-7-14(8-10-18)17-22(20,21)15-11-12(2)5-6-13(15)3/h5-6,11,14,17H,4,7-10H2,1-3H3. The number of hydrogen-bond donors (Lipinski definition) is 1. The Bertz CT molecular complexity index is 647. The van der Waals surface area contributed by atoms with E-state index in [0.29, 0.717) is 37.2 Å². The number of amides is 1. The summed E-state index contributed by atoms with van der Waals surface area (Å²) >= 11 is 0. The van der Waals surface area contributed by atoms with Gasteiger partial charge in [-0.2, -0.15) is 0 Å². The molecule has 1 amide bonds. The van der Waals surface area contributed by atoms with E-state index in [2.05, 4.69) is 4.72 Å². The summed E-state index contributed by atoms with van der Waals surface area (Å²) in [5, 5.41) is 0. The first-order chi connectivity index (χ1) is 10.3. The van der Waals surface area contributed by atoms with E-state index >= 15 is 0 Å². The molecule has 1 aliphatic heterocycles. The normalized spacial score (nSPS) is 16.8. The van der Waals surface area contributed by atoms with Gasteiger partial charge in [0.1, 0.15) is 0 Å². The maximum atomic E-state index is 12.6. The second-order valence-corrected chi connectivity index (χ2v) is 7.58. The van der Waals surface area contributed by atoms with Crippen molar-refractivity contribution >= 4 is 15.9 Å². The molecule has 0 atom stereocenters. The molecule has 22 heavy (non-hydrogen) atoms. The number of likely N-dealkylation sites (tertiary alicyclic amines) is 1. The third-order valence-corrected chi connectivity index (χ3v) is 5.77. The second-order valence-electron chi connectivity index (χ2n) is 5.90. The van der Waals surface area contributed by atoms with Gasteiger partial charge in [0, 0.05) is 25.6 Å². The van der Waals surface area contributed by atoms with Gasteiger partial charge < -0.3 is 4.90 Å². The first kappa shape index (κ1) is 17.0. The Morgan fingerprint density at radius 2 is 1.91 bits per heavy atom. The van der Waals surface area contributed by atoms with Crippen LogP contribution in [-0.4, -0.2) is 38.4 Å². The Morgan fingerprint density at radius 1 is 1.27 bits per heavy atom. The van der Waals surface area contributed by atoms with Crippen LogP contribution in [0.4, 0.5) is 0 Å². The summed E-state index contributed by atoms with van der Waals surface area (Å²) in [6, 6.07) is 5.33. The minimum atomic E-state index is -3.51. The lowest BCUT2D eigenvalue weighted by Gasteiger charge is -2.32. The third-order valence-electron chi connectivity index (χ3n) is 4.11. The van der Waals surface area contributed by atoms with Crippen molar-refractivity contribution in [1.29, 1.82) is 0 Å². The van der Waals surface area contributed by atoms with Gasteiger partial charge in [-0.3, -0.25) is 4.79 Å². The number of benzene rings is 1. The van der Waals surface area contributed by atoms with Crippen LogP contribution in [0.5, 0.6) is 0 Å². The van der Waals surface area contributed by atoms with E-state index in [1.165, 1.54) is 0 Å². The van der Waals surface area contributed by atoms with Crippen LogP contribution in [0.25, 0.3) is 0 Å². The van der Waals surface area contributed by atoms with Gasteiger partial charge in [0.05, 0.1) is 4.90 Å². The minimum absolute atomic E-state index is 0.106. The molecule has 0 bridgehead atoms. The lowest BCUT2D eigenvalue weighted by molar-refractivity contribution is -0.131. The molecule has 0 aliphatic carbocycles. The molecular formula is C16H24N2O3S. The maximum absolute atomic E-state index is 12.6. The van der Waals surface area contributed by atoms with E-state index in [1.54, 1.807) is 13.0 Å². The molecule has 0 unspecified atom stereocenters. The van der Waals surface area contributed by atoms with Gasteiger partial charge in [0.25, 0.3) is 0 Å². The Hall–Kier alpha value is -1.40. The summed E-state index contributed by atoms with van der Waals surface area (Å²) in [6.07, 6.45) is 1.82. The molecule has 1 saturated heterocycles. The lowest BCUT2D eigenvalue weighted by atomic mass is 10.1. The average Bonchev–Trinajstić information content (AvgIpc) is 2.49. The zero-order chi connectivity index (χ0) is 16.3. The van der Waals surface area contributed by atoms with Crippen molar-refractivity contribution in [3.05, 3.63) is 29.3 Å². The molecule has 1 aromatic carbocycles. The fourth-order valence-corrected chi connectivity index (χ4v) is 4.38. The van der Waals surface area contributed by atoms with Crippen LogP contribution in [-0.2, 0) is 14.8 Å². The summed E-state index contributed by atoms with van der Waals surface area (Å²) in [7, 11) is -3.51. The fourth-order valence-electron chi connectivity index (χ4n) is 2.75. The monoisotopic (exact) mass is 324 g/mol. The maximum Gasteiger partial charge on any atom is 0.241 e. The number of piperidine rings is 1. The van der Waals surface area contributed by atoms with Crippen LogP contribution in [0.15, 0.2) is 23.1 Å². The zero-order valence-corrected chi connectivity index (χ0v) is 14.2. The number of hydrogen-bond acceptors (Lipinski definition) is 3. The number of carbonyl (C=O) groups excluding carboxylic acids is 1. The van der Waals surface area contributed by atoms with Crippen molar-refractivity contribution in [2.75, 3.05) is 13.1 Å². The highest BCUT2D eigenvalue weighted by Gasteiger charge is 2.26. The summed E-state index contributed by atoms with van der Waals surface area (Å²) in [5.74, 6) is 0.135. The van der Waals surface area contributed by atoms with Gasteiger partial charge in [-0.1, -0.05) is 19.1 Å². The highest BCUT2D eigenvalue weighted by Crippen LogP contribution is 2.19. The van der Waals surface area contributed by atoms with Gasteiger partial charge in [-0.15, -0.1) is 0 Å². The van der Waals surface area contributed by atoms with Crippen LogP contribution < -0.4 is 4.72 Å². The van der Waals surface area contributed by atoms with E-state index < -0.39 is 10.0 Å². The van der Waals surface area contributed by atoms with Crippen LogP contribution in [0.2, 0.25) is 0 Å². The van der Waals surface area contributed by atoms with Crippen LogP contribution in [0.1, 0.15) is 37.3 Å². The van der Waals surface area contributed by atoms with Crippen molar-refractivity contribution in [2.24, 2.45) is 0 Å². The number of aryl methyl sites for hydroxylation is 2. The molecule has 1 aromatic rings. The molecular weight excluding hydrogens is 300 g/mol. The van der Waals surface area contributed by atoms with Crippen molar-refractivity contribution in [3.8, 4) is 0 Å². The van der Waals surface area contributed by atoms with Gasteiger partial charge >= 0.3 is 0 Å². The van der Waals surface area contributed by atoms with E-state index in [9.17, 15) is 13.2 Å². The van der Waals surface area contributed by atoms with Crippen LogP contribution in [0, 0.1) is 13.8 Å². The van der Waals surface area contributed by atoms with E-state index in [4.69, 9.17) is 0 Å². The SMILES string of the molecule is CCC(=O)N1CCC(NS(=O)(=O)c2cc(C)ccc2C)CC1. The molecule has 5 nitrogen and oxygen atoms in total. The topological polar surface area (TPSA) is 66.5 Å². The molecule has 1 N–H and O–H groups in total. The predicted molar refractivity (Wildman–Crippen MR) is 86.1 cm³/mol. The summed E-state index contributed by atoms with van der Waals surface area (Å²) < 4.78 is 27.9. The second kappa shape index (κ2) is 6.79. The summed E-state index contributed by atoms with van der Waals surface area (Å²) in [6.45, 7) is 6.76. The van der Waals surface area contributed by atoms with Gasteiger partial charge in [0.15, 0.2) is 0 Å². The van der Waals surface area contributed by atoms with Crippen LogP contribution in [0.3, 0.4) is 0 Å². The quantitative estimate of drug-likeness (QED) is 0.921. The predicted octanol–water partition coefficient (Wildman–Crippen LogP) is 1.98. The molecule has 1 heterocycles. The molecule has 0 radical (unpaired) electrons. The van der Waals surface area contributed by atoms with Crippen molar-refractivity contribution in [1.82, 2.24) is 9.62 Å². The summed E-state index contributed by atoms with van der Waals surface area (Å²) in [5.41, 5.74) is 1.67. The molecule has 0 spiro atoms. The zero-order valence-electron chi connectivity index (χ0n) is 13.4. The third kappa shape index (κ3) is 3.87. The van der Waals surface area contributed by atoms with Crippen molar-refractivity contribution in [3.63, 3.8) is 0 Å². The van der Waals surface area contributed by atoms with Gasteiger partial charge in [-0.25, -0.2) is 13.1 Å². The van der Waals surface area contributed by atoms with E-state index in [-0.39, 0.29) is 11.9 Å². The van der Waals surface area contributed by atoms with Crippen molar-refractivity contribution in [2.45, 2.75) is 51.0 Å². The molecule has 0 saturated carbocycles. The summed E-state index contributed by atoms with van der Waals surface area (Å²) in [4.78, 5) is 13.8. The lowest BCUT2D eigenvalue weighted by Crippen LogP contribution is -2.46. The number of nitrogens with one attached hydrogen (secondary N) is 1. The Morgan fingerprint density at radius 3 is 2.50 bits per heavy atom. The molecule has 2 rings (SSSR count). The Balaban J connectivity index is 2.05. The molecule has 1 aliphatic rings. The van der Waals surface area contributed by atoms with Gasteiger partial charge in [0.2, 0.25) is 15.9 Å². The average molecular weight is 324 g/mol. The van der Waals surface area contributed by atoms with E-state index in [0.717, 1.165) is 11.1 Å². The molecule has 0 aromatic heterocycles. The number of sulfonamides is 1. The van der Waals surface area contributed by atoms with Crippen LogP contribution >= 0.6 is 0 Å². The molecule has 122 valence electrons. The highest BCUT2D eigenvalue weighted by molar-refractivity contribution is 7.89. The Labute approximate surface area is 132 Å². The number of rotatable bonds is 4. The van der Waals surface area contributed by atoms with E-state index in [1.807, 2.05) is 30.9 Å².